The lowest BCUT2D eigenvalue weighted by molar-refractivity contribution is 0.506. The number of fused-ring (bicyclic) bond motifs is 9. The van der Waals surface area contributed by atoms with E-state index in [1.807, 2.05) is 11.3 Å². The van der Waals surface area contributed by atoms with E-state index in [4.69, 9.17) is 0 Å². The smallest absolute Gasteiger partial charge is 0.251 e. The van der Waals surface area contributed by atoms with Gasteiger partial charge in [-0.2, -0.15) is 0 Å². The van der Waals surface area contributed by atoms with Crippen LogP contribution in [-0.4, -0.2) is 29.4 Å². The van der Waals surface area contributed by atoms with Gasteiger partial charge in [-0.3, -0.25) is 0 Å². The Morgan fingerprint density at radius 2 is 1.01 bits per heavy atom. The van der Waals surface area contributed by atoms with Crippen LogP contribution in [0.4, 0.5) is 22.7 Å². The molecule has 0 spiro atoms. The highest BCUT2D eigenvalue weighted by Gasteiger charge is 2.51. The van der Waals surface area contributed by atoms with Crippen molar-refractivity contribution in [1.29, 1.82) is 0 Å². The van der Waals surface area contributed by atoms with Crippen molar-refractivity contribution in [2.24, 2.45) is 5.41 Å². The van der Waals surface area contributed by atoms with Gasteiger partial charge in [0.15, 0.2) is 0 Å². The van der Waals surface area contributed by atoms with Gasteiger partial charge >= 0.3 is 0 Å². The number of hydrogen-bond acceptors (Lipinski definition) is 4. The third-order valence-electron chi connectivity index (χ3n) is 20.7. The topological polar surface area (TPSA) is 14.7 Å². The van der Waals surface area contributed by atoms with Gasteiger partial charge in [0.25, 0.3) is 6.71 Å². The summed E-state index contributed by atoms with van der Waals surface area (Å²) in [6.45, 7) is 42.3. The summed E-state index contributed by atoms with van der Waals surface area (Å²) in [7, 11) is 0. The maximum Gasteiger partial charge on any atom is 0.251 e. The molecule has 3 aliphatic carbocycles. The van der Waals surface area contributed by atoms with Gasteiger partial charge in [0.05, 0.1) is 34.0 Å². The summed E-state index contributed by atoms with van der Waals surface area (Å²) in [5, 5.41) is 2.71. The largest absolute Gasteiger partial charge is 0.358 e. The first-order valence-corrected chi connectivity index (χ1v) is 34.9. The molecule has 92 heavy (non-hydrogen) atoms. The van der Waals surface area contributed by atoms with Gasteiger partial charge in [0.2, 0.25) is 0 Å². The molecule has 14 rings (SSSR count). The van der Waals surface area contributed by atoms with Crippen molar-refractivity contribution in [3.05, 3.63) is 250 Å². The van der Waals surface area contributed by atoms with Crippen LogP contribution in [0.15, 0.2) is 222 Å². The fraction of sp³-hybridized carbons (Fsp3) is 0.349. The lowest BCUT2D eigenvalue weighted by Gasteiger charge is -2.50. The molecule has 4 heterocycles. The molecule has 1 saturated heterocycles. The van der Waals surface area contributed by atoms with Crippen LogP contribution in [-0.2, 0) is 27.1 Å². The first-order chi connectivity index (χ1) is 43.4. The molecule has 0 amide bonds. The predicted molar refractivity (Wildman–Crippen MR) is 401 cm³/mol. The number of nitrogens with zero attached hydrogens (tertiary/aromatic N) is 4. The molecule has 2 aliphatic heterocycles. The Labute approximate surface area is 554 Å². The number of rotatable bonds is 8. The van der Waals surface area contributed by atoms with Gasteiger partial charge in [-0.15, -0.1) is 11.3 Å². The summed E-state index contributed by atoms with van der Waals surface area (Å²) in [5.41, 5.74) is 26.2. The molecule has 5 aliphatic rings. The van der Waals surface area contributed by atoms with Crippen LogP contribution < -0.4 is 20.2 Å². The van der Waals surface area contributed by atoms with Crippen molar-refractivity contribution in [3.63, 3.8) is 0 Å². The predicted octanol–water partition coefficient (Wildman–Crippen LogP) is 22.6. The molecule has 0 radical (unpaired) electrons. The van der Waals surface area contributed by atoms with E-state index in [2.05, 4.69) is 338 Å². The van der Waals surface area contributed by atoms with E-state index in [1.54, 1.807) is 0 Å². The zero-order valence-corrected chi connectivity index (χ0v) is 58.9. The fourth-order valence-corrected chi connectivity index (χ4v) is 16.6. The lowest BCUT2D eigenvalue weighted by atomic mass is 9.31. The van der Waals surface area contributed by atoms with E-state index in [1.165, 1.54) is 132 Å². The zero-order chi connectivity index (χ0) is 64.9. The number of allylic oxidation sites excluding steroid dienone is 4. The van der Waals surface area contributed by atoms with Crippen molar-refractivity contribution in [1.82, 2.24) is 4.57 Å². The van der Waals surface area contributed by atoms with Crippen molar-refractivity contribution < 1.29 is 0 Å². The summed E-state index contributed by atoms with van der Waals surface area (Å²) in [5.74, 6) is 0. The molecular weight excluding hydrogens is 1130 g/mol. The van der Waals surface area contributed by atoms with Gasteiger partial charge in [0, 0.05) is 67.1 Å². The average Bonchev–Trinajstić information content (AvgIpc) is 1.40. The fourth-order valence-electron chi connectivity index (χ4n) is 15.4. The number of hydrogen-bond donors (Lipinski definition) is 0. The van der Waals surface area contributed by atoms with E-state index < -0.39 is 0 Å². The van der Waals surface area contributed by atoms with E-state index >= 15 is 0 Å². The Morgan fingerprint density at radius 3 is 1.58 bits per heavy atom. The standard InChI is InChI=1S/C86H95BN4S/c1-81(2,3)55-28-37-61(38-29-55)88(62-39-30-56(31-40-62)82(4,5)6)65-45-46-70-73(51-65)90(72-47-36-59(85(13,14)15)48-68(72)54-24-20-19-21-25-54)74-52-66(89(63-41-32-57(33-42-63)83(7,8)9)64-43-34-58(35-44-64)84(10,11)12)53-75-77(74)87(70)71-50-60(86(16,17)18)49-69-78(71)91(75)79-67-26-22-23-27-76(67)92-80(69)79/h19-43,46-52,64-66H,44-45,53H2,1-18H3. The number of thiophene rings is 1. The third-order valence-corrected chi connectivity index (χ3v) is 21.9. The molecule has 4 nitrogen and oxygen atoms in total. The van der Waals surface area contributed by atoms with Crippen LogP contribution in [0.25, 0.3) is 48.0 Å². The van der Waals surface area contributed by atoms with Crippen LogP contribution in [0.2, 0.25) is 0 Å². The van der Waals surface area contributed by atoms with Crippen LogP contribution >= 0.6 is 11.3 Å². The van der Waals surface area contributed by atoms with Crippen molar-refractivity contribution in [3.8, 4) is 11.1 Å². The molecule has 9 aromatic rings. The molecule has 468 valence electrons. The normalized spacial score (nSPS) is 18.7. The van der Waals surface area contributed by atoms with Crippen LogP contribution in [0.5, 0.6) is 0 Å². The molecule has 0 bridgehead atoms. The SMILES string of the molecule is CC(C)(C)C1=CCC(N(c2ccc(C(C)(C)C)cc2)C2C=C3C4=C(C2)n2c5c(cc(C(C)(C)C)cc5c5sc6ccccc6c52)B4C2=CCC(N(c4ccc(C(C)(C)C)cc4)c4ccc(C(C)(C)C)cc4)C=C2N3c2ccc(C(C)(C)C)cc2-c2ccccc2)C=C1. The molecule has 0 N–H and O–H groups in total. The summed E-state index contributed by atoms with van der Waals surface area (Å²) in [6.07, 6.45) is 18.3. The van der Waals surface area contributed by atoms with Crippen molar-refractivity contribution >= 4 is 83.2 Å². The molecule has 2 aromatic heterocycles. The van der Waals surface area contributed by atoms with Gasteiger partial charge in [-0.1, -0.05) is 246 Å². The highest BCUT2D eigenvalue weighted by molar-refractivity contribution is 7.26. The Balaban J connectivity index is 1.10. The minimum Gasteiger partial charge on any atom is -0.358 e. The quantitative estimate of drug-likeness (QED) is 0.141. The van der Waals surface area contributed by atoms with Gasteiger partial charge < -0.3 is 19.3 Å². The van der Waals surface area contributed by atoms with E-state index in [-0.39, 0.29) is 57.3 Å². The van der Waals surface area contributed by atoms with E-state index in [0.29, 0.717) is 0 Å². The Hall–Kier alpha value is -7.80. The van der Waals surface area contributed by atoms with Crippen LogP contribution in [0, 0.1) is 5.41 Å². The minimum absolute atomic E-state index is 0.0105. The second-order valence-electron chi connectivity index (χ2n) is 33.4. The highest BCUT2D eigenvalue weighted by atomic mass is 32.1. The summed E-state index contributed by atoms with van der Waals surface area (Å²) >= 11 is 1.98. The molecule has 3 unspecified atom stereocenters. The maximum absolute atomic E-state index is 2.82. The van der Waals surface area contributed by atoms with Gasteiger partial charge in [-0.05, 0) is 174 Å². The number of benzene rings is 7. The Kier molecular flexibility index (Phi) is 14.7. The first-order valence-electron chi connectivity index (χ1n) is 34.1. The molecule has 1 fully saturated rings. The molecule has 0 saturated carbocycles. The third kappa shape index (κ3) is 10.7. The second-order valence-corrected chi connectivity index (χ2v) is 34.4. The van der Waals surface area contributed by atoms with E-state index in [9.17, 15) is 0 Å². The number of anilines is 4. The summed E-state index contributed by atoms with van der Waals surface area (Å²) in [6, 6.07) is 61.9. The van der Waals surface area contributed by atoms with Crippen molar-refractivity contribution in [2.75, 3.05) is 14.7 Å². The second kappa shape index (κ2) is 21.9. The average molecular weight is 1230 g/mol. The maximum atomic E-state index is 2.82. The molecule has 3 atom stereocenters. The Bertz CT molecular complexity index is 4530. The molecule has 7 aromatic carbocycles. The lowest BCUT2D eigenvalue weighted by Crippen LogP contribution is -2.54. The minimum atomic E-state index is -0.102. The highest BCUT2D eigenvalue weighted by Crippen LogP contribution is 2.56. The van der Waals surface area contributed by atoms with E-state index in [0.717, 1.165) is 19.3 Å². The monoisotopic (exact) mass is 1230 g/mol. The molecular formula is C86H95BN4S. The summed E-state index contributed by atoms with van der Waals surface area (Å²) < 4.78 is 5.54. The Morgan fingerprint density at radius 1 is 0.467 bits per heavy atom. The van der Waals surface area contributed by atoms with Gasteiger partial charge in [-0.25, -0.2) is 0 Å². The molecule has 6 heteroatoms. The van der Waals surface area contributed by atoms with Crippen LogP contribution in [0.3, 0.4) is 0 Å². The number of aromatic nitrogens is 1. The van der Waals surface area contributed by atoms with Crippen LogP contribution in [0.1, 0.15) is 172 Å². The van der Waals surface area contributed by atoms with Gasteiger partial charge in [0.1, 0.15) is 0 Å². The zero-order valence-electron chi connectivity index (χ0n) is 58.1. The summed E-state index contributed by atoms with van der Waals surface area (Å²) in [4.78, 5) is 8.25. The van der Waals surface area contributed by atoms with Crippen molar-refractivity contribution in [2.45, 2.75) is 189 Å². The first kappa shape index (κ1) is 61.7.